The number of sulfonamides is 1. The minimum atomic E-state index is -3.88. The summed E-state index contributed by atoms with van der Waals surface area (Å²) < 4.78 is 33.1. The second-order valence-electron chi connectivity index (χ2n) is 6.44. The van der Waals surface area contributed by atoms with Crippen LogP contribution in [0.4, 0.5) is 5.69 Å². The molecule has 0 saturated carbocycles. The van der Waals surface area contributed by atoms with Crippen LogP contribution >= 0.6 is 34.4 Å². The average molecular weight is 561 g/mol. The summed E-state index contributed by atoms with van der Waals surface area (Å²) in [4.78, 5) is 24.2. The number of hydrogen-bond acceptors (Lipinski definition) is 6. The summed E-state index contributed by atoms with van der Waals surface area (Å²) in [6, 6.07) is 10.0. The minimum Gasteiger partial charge on any atom is -0.496 e. The molecule has 3 N–H and O–H groups in total. The van der Waals surface area contributed by atoms with E-state index in [9.17, 15) is 18.0 Å². The van der Waals surface area contributed by atoms with Gasteiger partial charge in [0.15, 0.2) is 0 Å². The SMILES string of the molecule is COc1ccc(C(=O)Nc2ccc(S(=O)(=O)N3CCSC[C@H]3C(N)=O)cc2)cc1I. The predicted molar refractivity (Wildman–Crippen MR) is 124 cm³/mol. The molecule has 1 fully saturated rings. The zero-order valence-electron chi connectivity index (χ0n) is 16.0. The van der Waals surface area contributed by atoms with E-state index in [2.05, 4.69) is 27.9 Å². The number of ether oxygens (including phenoxy) is 1. The molecular weight excluding hydrogens is 541 g/mol. The van der Waals surface area contributed by atoms with Crippen LogP contribution in [0.2, 0.25) is 0 Å². The van der Waals surface area contributed by atoms with E-state index in [0.717, 1.165) is 7.88 Å². The van der Waals surface area contributed by atoms with E-state index in [1.807, 2.05) is 0 Å². The molecule has 160 valence electrons. The summed E-state index contributed by atoms with van der Waals surface area (Å²) in [5.74, 6) is 0.616. The van der Waals surface area contributed by atoms with Crippen LogP contribution in [0.25, 0.3) is 0 Å². The van der Waals surface area contributed by atoms with Gasteiger partial charge >= 0.3 is 0 Å². The maximum absolute atomic E-state index is 13.0. The Morgan fingerprint density at radius 2 is 1.93 bits per heavy atom. The van der Waals surface area contributed by atoms with Gasteiger partial charge in [0.25, 0.3) is 5.91 Å². The van der Waals surface area contributed by atoms with Gasteiger partial charge in [0, 0.05) is 29.3 Å². The fraction of sp³-hybridized carbons (Fsp3) is 0.263. The molecule has 2 aromatic carbocycles. The Morgan fingerprint density at radius 1 is 1.23 bits per heavy atom. The zero-order valence-corrected chi connectivity index (χ0v) is 19.8. The fourth-order valence-corrected chi connectivity index (χ4v) is 6.56. The molecule has 0 spiro atoms. The van der Waals surface area contributed by atoms with Crippen molar-refractivity contribution in [3.8, 4) is 5.75 Å². The largest absolute Gasteiger partial charge is 0.496 e. The Hall–Kier alpha value is -1.83. The number of thioether (sulfide) groups is 1. The summed E-state index contributed by atoms with van der Waals surface area (Å²) in [6.07, 6.45) is 0. The molecule has 3 rings (SSSR count). The van der Waals surface area contributed by atoms with Gasteiger partial charge in [-0.2, -0.15) is 16.1 Å². The predicted octanol–water partition coefficient (Wildman–Crippen LogP) is 2.14. The van der Waals surface area contributed by atoms with E-state index in [1.54, 1.807) is 25.3 Å². The zero-order chi connectivity index (χ0) is 21.9. The van der Waals surface area contributed by atoms with Crippen LogP contribution in [-0.4, -0.2) is 55.7 Å². The topological polar surface area (TPSA) is 119 Å². The highest BCUT2D eigenvalue weighted by atomic mass is 127. The van der Waals surface area contributed by atoms with Crippen LogP contribution in [0.1, 0.15) is 10.4 Å². The van der Waals surface area contributed by atoms with E-state index >= 15 is 0 Å². The third kappa shape index (κ3) is 4.90. The maximum atomic E-state index is 13.0. The smallest absolute Gasteiger partial charge is 0.255 e. The van der Waals surface area contributed by atoms with Crippen molar-refractivity contribution in [2.45, 2.75) is 10.9 Å². The van der Waals surface area contributed by atoms with Gasteiger partial charge in [-0.05, 0) is 65.1 Å². The summed E-state index contributed by atoms with van der Waals surface area (Å²) in [7, 11) is -2.32. The number of carbonyl (C=O) groups excluding carboxylic acids is 2. The molecule has 0 bridgehead atoms. The van der Waals surface area contributed by atoms with E-state index < -0.39 is 22.0 Å². The van der Waals surface area contributed by atoms with Crippen molar-refractivity contribution in [3.63, 3.8) is 0 Å². The number of halogens is 1. The number of nitrogens with zero attached hydrogens (tertiary/aromatic N) is 1. The number of rotatable bonds is 6. The minimum absolute atomic E-state index is 0.0395. The summed E-state index contributed by atoms with van der Waals surface area (Å²) in [5.41, 5.74) is 6.28. The first-order valence-corrected chi connectivity index (χ1v) is 12.5. The number of methoxy groups -OCH3 is 1. The third-order valence-corrected chi connectivity index (χ3v) is 8.33. The molecule has 1 saturated heterocycles. The lowest BCUT2D eigenvalue weighted by atomic mass is 10.2. The van der Waals surface area contributed by atoms with Crippen molar-refractivity contribution in [3.05, 3.63) is 51.6 Å². The van der Waals surface area contributed by atoms with Crippen molar-refractivity contribution in [2.75, 3.05) is 30.5 Å². The highest BCUT2D eigenvalue weighted by molar-refractivity contribution is 14.1. The lowest BCUT2D eigenvalue weighted by Gasteiger charge is -2.32. The first kappa shape index (κ1) is 22.8. The summed E-state index contributed by atoms with van der Waals surface area (Å²) >= 11 is 3.57. The summed E-state index contributed by atoms with van der Waals surface area (Å²) in [5, 5.41) is 2.74. The first-order valence-electron chi connectivity index (χ1n) is 8.88. The Labute approximate surface area is 192 Å². The van der Waals surface area contributed by atoms with Gasteiger partial charge in [-0.3, -0.25) is 9.59 Å². The molecule has 0 aliphatic carbocycles. The Morgan fingerprint density at radius 3 is 2.53 bits per heavy atom. The van der Waals surface area contributed by atoms with Crippen LogP contribution < -0.4 is 15.8 Å². The number of amides is 2. The third-order valence-electron chi connectivity index (χ3n) is 4.54. The molecular formula is C19H20IN3O5S2. The van der Waals surface area contributed by atoms with Crippen molar-refractivity contribution in [1.82, 2.24) is 4.31 Å². The molecule has 30 heavy (non-hydrogen) atoms. The number of hydrogen-bond donors (Lipinski definition) is 2. The van der Waals surface area contributed by atoms with Gasteiger partial charge in [-0.25, -0.2) is 8.42 Å². The van der Waals surface area contributed by atoms with Crippen molar-refractivity contribution < 1.29 is 22.7 Å². The normalized spacial score (nSPS) is 17.3. The molecule has 0 aromatic heterocycles. The maximum Gasteiger partial charge on any atom is 0.255 e. The van der Waals surface area contributed by atoms with Crippen LogP contribution in [0, 0.1) is 3.57 Å². The van der Waals surface area contributed by atoms with E-state index in [4.69, 9.17) is 10.5 Å². The van der Waals surface area contributed by atoms with Crippen LogP contribution in [0.5, 0.6) is 5.75 Å². The molecule has 0 radical (unpaired) electrons. The Bertz CT molecular complexity index is 1060. The lowest BCUT2D eigenvalue weighted by Crippen LogP contribution is -2.52. The second-order valence-corrected chi connectivity index (χ2v) is 10.6. The number of nitrogens with two attached hydrogens (primary N) is 1. The molecule has 2 aromatic rings. The monoisotopic (exact) mass is 561 g/mol. The standard InChI is InChI=1S/C19H20IN3O5S2/c1-28-17-7-2-12(10-15(17)20)19(25)22-13-3-5-14(6-4-13)30(26,27)23-8-9-29-11-16(23)18(21)24/h2-7,10,16H,8-9,11H2,1H3,(H2,21,24)(H,22,25)/t16-/m0/s1. The number of carbonyl (C=O) groups is 2. The first-order chi connectivity index (χ1) is 14.2. The molecule has 1 aliphatic heterocycles. The summed E-state index contributed by atoms with van der Waals surface area (Å²) in [6.45, 7) is 0.217. The van der Waals surface area contributed by atoms with Gasteiger partial charge in [0.2, 0.25) is 15.9 Å². The van der Waals surface area contributed by atoms with Crippen molar-refractivity contribution in [2.24, 2.45) is 5.73 Å². The lowest BCUT2D eigenvalue weighted by molar-refractivity contribution is -0.121. The quantitative estimate of drug-likeness (QED) is 0.522. The van der Waals surface area contributed by atoms with Gasteiger partial charge in [-0.15, -0.1) is 0 Å². The molecule has 1 aliphatic rings. The number of anilines is 1. The highest BCUT2D eigenvalue weighted by Crippen LogP contribution is 2.26. The van der Waals surface area contributed by atoms with Gasteiger partial charge in [0.05, 0.1) is 15.6 Å². The van der Waals surface area contributed by atoms with Gasteiger partial charge in [-0.1, -0.05) is 0 Å². The van der Waals surface area contributed by atoms with Crippen LogP contribution in [0.3, 0.4) is 0 Å². The number of benzene rings is 2. The Kier molecular flexibility index (Phi) is 7.26. The van der Waals surface area contributed by atoms with Crippen LogP contribution in [-0.2, 0) is 14.8 Å². The van der Waals surface area contributed by atoms with E-state index in [-0.39, 0.29) is 17.3 Å². The number of nitrogens with one attached hydrogen (secondary N) is 1. The second kappa shape index (κ2) is 9.54. The molecule has 11 heteroatoms. The molecule has 1 heterocycles. The van der Waals surface area contributed by atoms with E-state index in [1.165, 1.54) is 36.0 Å². The molecule has 8 nitrogen and oxygen atoms in total. The van der Waals surface area contributed by atoms with Crippen LogP contribution in [0.15, 0.2) is 47.4 Å². The molecule has 1 atom stereocenters. The van der Waals surface area contributed by atoms with Gasteiger partial charge in [0.1, 0.15) is 11.8 Å². The number of primary amides is 1. The fourth-order valence-electron chi connectivity index (χ4n) is 2.96. The Balaban J connectivity index is 1.76. The molecule has 0 unspecified atom stereocenters. The average Bonchev–Trinajstić information content (AvgIpc) is 2.74. The van der Waals surface area contributed by atoms with Crippen molar-refractivity contribution in [1.29, 1.82) is 0 Å². The highest BCUT2D eigenvalue weighted by Gasteiger charge is 2.36. The van der Waals surface area contributed by atoms with Crippen molar-refractivity contribution >= 4 is 61.9 Å². The van der Waals surface area contributed by atoms with Gasteiger partial charge < -0.3 is 15.8 Å². The molecule has 2 amide bonds. The van der Waals surface area contributed by atoms with E-state index in [0.29, 0.717) is 28.5 Å².